The first-order chi connectivity index (χ1) is 9.35. The minimum absolute atomic E-state index is 0.434. The predicted octanol–water partition coefficient (Wildman–Crippen LogP) is 0.877. The van der Waals surface area contributed by atoms with Gasteiger partial charge >= 0.3 is 0 Å². The van der Waals surface area contributed by atoms with Crippen LogP contribution in [0.2, 0.25) is 0 Å². The van der Waals surface area contributed by atoms with E-state index in [1.54, 1.807) is 0 Å². The standard InChI is InChI=1S/C15H29N3O/c1-2-16-9-10-19-15(12-16)13-17-7-8-18-6-4-3-5-14(18)11-17/h14-15H,2-13H2,1H3. The van der Waals surface area contributed by atoms with E-state index >= 15 is 0 Å². The zero-order chi connectivity index (χ0) is 13.1. The normalized spacial score (nSPS) is 35.2. The van der Waals surface area contributed by atoms with Crippen LogP contribution in [-0.4, -0.2) is 85.8 Å². The topological polar surface area (TPSA) is 19.0 Å². The number of hydrogen-bond donors (Lipinski definition) is 0. The van der Waals surface area contributed by atoms with Crippen LogP contribution in [0.4, 0.5) is 0 Å². The molecule has 0 aliphatic carbocycles. The molecule has 0 amide bonds. The molecule has 0 spiro atoms. The van der Waals surface area contributed by atoms with E-state index in [1.165, 1.54) is 45.4 Å². The second-order valence-electron chi connectivity index (χ2n) is 6.33. The van der Waals surface area contributed by atoms with Crippen molar-refractivity contribution in [2.75, 3.05) is 59.0 Å². The smallest absolute Gasteiger partial charge is 0.0829 e. The van der Waals surface area contributed by atoms with Gasteiger partial charge in [0, 0.05) is 45.3 Å². The van der Waals surface area contributed by atoms with Crippen LogP contribution in [0, 0.1) is 0 Å². The molecule has 0 N–H and O–H groups in total. The van der Waals surface area contributed by atoms with Crippen molar-refractivity contribution in [2.24, 2.45) is 0 Å². The molecule has 3 fully saturated rings. The number of morpholine rings is 1. The van der Waals surface area contributed by atoms with Gasteiger partial charge < -0.3 is 4.74 Å². The lowest BCUT2D eigenvalue weighted by Crippen LogP contribution is -2.57. The third kappa shape index (κ3) is 3.48. The molecular weight excluding hydrogens is 238 g/mol. The molecule has 3 heterocycles. The Morgan fingerprint density at radius 1 is 1.00 bits per heavy atom. The molecule has 3 aliphatic rings. The van der Waals surface area contributed by atoms with Crippen LogP contribution >= 0.6 is 0 Å². The van der Waals surface area contributed by atoms with Gasteiger partial charge in [-0.25, -0.2) is 0 Å². The van der Waals surface area contributed by atoms with Gasteiger partial charge in [-0.2, -0.15) is 0 Å². The van der Waals surface area contributed by atoms with Crippen molar-refractivity contribution in [1.29, 1.82) is 0 Å². The summed E-state index contributed by atoms with van der Waals surface area (Å²) in [6.07, 6.45) is 4.68. The Bertz CT molecular complexity index is 287. The summed E-state index contributed by atoms with van der Waals surface area (Å²) >= 11 is 0. The number of hydrogen-bond acceptors (Lipinski definition) is 4. The van der Waals surface area contributed by atoms with Crippen LogP contribution in [0.25, 0.3) is 0 Å². The molecule has 0 bridgehead atoms. The molecular formula is C15H29N3O. The van der Waals surface area contributed by atoms with Gasteiger partial charge in [-0.1, -0.05) is 13.3 Å². The Kier molecular flexibility index (Phi) is 4.74. The molecule has 0 saturated carbocycles. The number of likely N-dealkylation sites (N-methyl/N-ethyl adjacent to an activating group) is 1. The maximum Gasteiger partial charge on any atom is 0.0829 e. The molecule has 4 heteroatoms. The summed E-state index contributed by atoms with van der Waals surface area (Å²) in [5.74, 6) is 0. The minimum Gasteiger partial charge on any atom is -0.374 e. The lowest BCUT2D eigenvalue weighted by molar-refractivity contribution is -0.0538. The van der Waals surface area contributed by atoms with E-state index in [9.17, 15) is 0 Å². The van der Waals surface area contributed by atoms with Crippen molar-refractivity contribution in [1.82, 2.24) is 14.7 Å². The summed E-state index contributed by atoms with van der Waals surface area (Å²) in [7, 11) is 0. The first-order valence-electron chi connectivity index (χ1n) is 8.15. The van der Waals surface area contributed by atoms with E-state index in [0.717, 1.165) is 38.8 Å². The first-order valence-corrected chi connectivity index (χ1v) is 8.15. The second kappa shape index (κ2) is 6.53. The SMILES string of the molecule is CCN1CCOC(CN2CCN3CCCCC3C2)C1. The van der Waals surface area contributed by atoms with Crippen LogP contribution < -0.4 is 0 Å². The van der Waals surface area contributed by atoms with Gasteiger partial charge in [-0.3, -0.25) is 14.7 Å². The molecule has 2 atom stereocenters. The fourth-order valence-corrected chi connectivity index (χ4v) is 3.85. The number of ether oxygens (including phenoxy) is 1. The molecule has 3 rings (SSSR count). The van der Waals surface area contributed by atoms with Gasteiger partial charge in [0.1, 0.15) is 0 Å². The van der Waals surface area contributed by atoms with E-state index in [1.807, 2.05) is 0 Å². The van der Waals surface area contributed by atoms with Gasteiger partial charge in [-0.15, -0.1) is 0 Å². The highest BCUT2D eigenvalue weighted by atomic mass is 16.5. The summed E-state index contributed by atoms with van der Waals surface area (Å²) in [6.45, 7) is 12.8. The van der Waals surface area contributed by atoms with Crippen LogP contribution in [0.15, 0.2) is 0 Å². The number of piperidine rings is 1. The molecule has 4 nitrogen and oxygen atoms in total. The molecule has 3 aliphatic heterocycles. The maximum atomic E-state index is 5.95. The van der Waals surface area contributed by atoms with Crippen molar-refractivity contribution in [3.63, 3.8) is 0 Å². The van der Waals surface area contributed by atoms with E-state index in [2.05, 4.69) is 21.6 Å². The van der Waals surface area contributed by atoms with Crippen molar-refractivity contribution in [3.05, 3.63) is 0 Å². The summed E-state index contributed by atoms with van der Waals surface area (Å²) in [5.41, 5.74) is 0. The summed E-state index contributed by atoms with van der Waals surface area (Å²) in [6, 6.07) is 0.827. The highest BCUT2D eigenvalue weighted by Crippen LogP contribution is 2.21. The van der Waals surface area contributed by atoms with Crippen LogP contribution in [0.3, 0.4) is 0 Å². The Morgan fingerprint density at radius 2 is 1.95 bits per heavy atom. The van der Waals surface area contributed by atoms with Crippen molar-refractivity contribution < 1.29 is 4.74 Å². The van der Waals surface area contributed by atoms with Gasteiger partial charge in [0.05, 0.1) is 12.7 Å². The van der Waals surface area contributed by atoms with Crippen LogP contribution in [-0.2, 0) is 4.74 Å². The summed E-state index contributed by atoms with van der Waals surface area (Å²) in [5, 5.41) is 0. The number of nitrogens with zero attached hydrogens (tertiary/aromatic N) is 3. The monoisotopic (exact) mass is 267 g/mol. The van der Waals surface area contributed by atoms with Crippen molar-refractivity contribution in [2.45, 2.75) is 38.3 Å². The van der Waals surface area contributed by atoms with Gasteiger partial charge in [0.15, 0.2) is 0 Å². The van der Waals surface area contributed by atoms with E-state index < -0.39 is 0 Å². The van der Waals surface area contributed by atoms with E-state index in [4.69, 9.17) is 4.74 Å². The predicted molar refractivity (Wildman–Crippen MR) is 77.5 cm³/mol. The van der Waals surface area contributed by atoms with Gasteiger partial charge in [0.2, 0.25) is 0 Å². The molecule has 2 unspecified atom stereocenters. The minimum atomic E-state index is 0.434. The molecule has 19 heavy (non-hydrogen) atoms. The Hall–Kier alpha value is -0.160. The fourth-order valence-electron chi connectivity index (χ4n) is 3.85. The molecule has 110 valence electrons. The Morgan fingerprint density at radius 3 is 2.84 bits per heavy atom. The van der Waals surface area contributed by atoms with Crippen LogP contribution in [0.5, 0.6) is 0 Å². The zero-order valence-corrected chi connectivity index (χ0v) is 12.4. The molecule has 0 aromatic heterocycles. The lowest BCUT2D eigenvalue weighted by atomic mass is 9.99. The number of rotatable bonds is 3. The first kappa shape index (κ1) is 13.8. The molecule has 0 aromatic carbocycles. The highest BCUT2D eigenvalue weighted by molar-refractivity contribution is 4.86. The van der Waals surface area contributed by atoms with E-state index in [0.29, 0.717) is 6.10 Å². The van der Waals surface area contributed by atoms with Crippen LogP contribution in [0.1, 0.15) is 26.2 Å². The highest BCUT2D eigenvalue weighted by Gasteiger charge is 2.30. The zero-order valence-electron chi connectivity index (χ0n) is 12.4. The van der Waals surface area contributed by atoms with Crippen molar-refractivity contribution >= 4 is 0 Å². The Balaban J connectivity index is 1.47. The number of piperazine rings is 1. The van der Waals surface area contributed by atoms with Crippen molar-refractivity contribution in [3.8, 4) is 0 Å². The third-order valence-electron chi connectivity index (χ3n) is 5.05. The third-order valence-corrected chi connectivity index (χ3v) is 5.05. The average molecular weight is 267 g/mol. The number of fused-ring (bicyclic) bond motifs is 1. The second-order valence-corrected chi connectivity index (χ2v) is 6.33. The summed E-state index contributed by atoms with van der Waals surface area (Å²) in [4.78, 5) is 7.88. The molecule has 0 radical (unpaired) electrons. The van der Waals surface area contributed by atoms with Gasteiger partial charge in [0.25, 0.3) is 0 Å². The summed E-state index contributed by atoms with van der Waals surface area (Å²) < 4.78 is 5.95. The average Bonchev–Trinajstić information content (AvgIpc) is 2.47. The largest absolute Gasteiger partial charge is 0.374 e. The molecule has 0 aromatic rings. The van der Waals surface area contributed by atoms with Gasteiger partial charge in [-0.05, 0) is 25.9 Å². The Labute approximate surface area is 117 Å². The van der Waals surface area contributed by atoms with E-state index in [-0.39, 0.29) is 0 Å². The maximum absolute atomic E-state index is 5.95. The quantitative estimate of drug-likeness (QED) is 0.755. The fraction of sp³-hybridized carbons (Fsp3) is 1.00. The molecule has 3 saturated heterocycles. The lowest BCUT2D eigenvalue weighted by Gasteiger charge is -2.45.